The minimum atomic E-state index is -0.628. The van der Waals surface area contributed by atoms with Crippen LogP contribution >= 0.6 is 0 Å². The third-order valence-corrected chi connectivity index (χ3v) is 5.43. The first-order valence-corrected chi connectivity index (χ1v) is 10.9. The van der Waals surface area contributed by atoms with E-state index in [-0.39, 0.29) is 47.2 Å². The molecule has 0 spiro atoms. The first-order valence-electron chi connectivity index (χ1n) is 10.9. The number of carbonyl (C=O) groups is 3. The molecule has 0 atom stereocenters. The Hall–Kier alpha value is -4.50. The number of ether oxygens (including phenoxy) is 1. The maximum absolute atomic E-state index is 13.3. The fraction of sp³-hybridized carbons (Fsp3) is 0.154. The summed E-state index contributed by atoms with van der Waals surface area (Å²) in [6.45, 7) is 1.61. The van der Waals surface area contributed by atoms with E-state index in [1.807, 2.05) is 6.07 Å². The van der Waals surface area contributed by atoms with Crippen LogP contribution in [0.15, 0.2) is 67.0 Å². The Morgan fingerprint density at radius 3 is 2.60 bits per heavy atom. The molecule has 9 nitrogen and oxygen atoms in total. The van der Waals surface area contributed by atoms with Crippen LogP contribution in [0.5, 0.6) is 5.75 Å². The predicted molar refractivity (Wildman–Crippen MR) is 126 cm³/mol. The van der Waals surface area contributed by atoms with Crippen LogP contribution in [0.3, 0.4) is 0 Å². The molecule has 1 amide bonds. The fourth-order valence-corrected chi connectivity index (χ4v) is 3.66. The second-order valence-corrected chi connectivity index (χ2v) is 7.67. The maximum atomic E-state index is 13.3. The van der Waals surface area contributed by atoms with Gasteiger partial charge in [0.1, 0.15) is 5.75 Å². The summed E-state index contributed by atoms with van der Waals surface area (Å²) >= 11 is 0. The van der Waals surface area contributed by atoms with E-state index in [1.54, 1.807) is 31.3 Å². The Balaban J connectivity index is 1.72. The van der Waals surface area contributed by atoms with Gasteiger partial charge in [0.15, 0.2) is 0 Å². The zero-order valence-electron chi connectivity index (χ0n) is 18.9. The van der Waals surface area contributed by atoms with Crippen molar-refractivity contribution in [3.63, 3.8) is 0 Å². The molecule has 4 aromatic rings. The highest BCUT2D eigenvalue weighted by Crippen LogP contribution is 2.25. The second-order valence-electron chi connectivity index (χ2n) is 7.67. The number of ketones is 1. The molecule has 0 unspecified atom stereocenters. The number of aliphatic hydroxyl groups excluding tert-OH is 1. The first-order chi connectivity index (χ1) is 16.9. The van der Waals surface area contributed by atoms with Crippen molar-refractivity contribution in [1.82, 2.24) is 14.7 Å². The van der Waals surface area contributed by atoms with Crippen LogP contribution in [-0.4, -0.2) is 43.9 Å². The number of carbonyl (C=O) groups excluding carboxylic acids is 3. The highest BCUT2D eigenvalue weighted by Gasteiger charge is 2.23. The van der Waals surface area contributed by atoms with E-state index in [0.29, 0.717) is 16.8 Å². The lowest BCUT2D eigenvalue weighted by molar-refractivity contribution is 0.0528. The summed E-state index contributed by atoms with van der Waals surface area (Å²) in [5, 5.41) is 22.0. The van der Waals surface area contributed by atoms with Crippen molar-refractivity contribution >= 4 is 23.2 Å². The molecular weight excluding hydrogens is 450 g/mol. The van der Waals surface area contributed by atoms with Crippen LogP contribution in [0.25, 0.3) is 5.52 Å². The van der Waals surface area contributed by atoms with Gasteiger partial charge in [-0.3, -0.25) is 14.6 Å². The van der Waals surface area contributed by atoms with Gasteiger partial charge in [-0.25, -0.2) is 4.79 Å². The van der Waals surface area contributed by atoms with Crippen LogP contribution in [0, 0.1) is 0 Å². The SMILES string of the molecule is CCOC(=O)c1cc(C(=O)c2ccc(O)c(CO)c2)n2ccc(C(=O)NCc3ccccn3)cc12. The van der Waals surface area contributed by atoms with Gasteiger partial charge in [0.25, 0.3) is 5.91 Å². The number of hydrogen-bond donors (Lipinski definition) is 3. The fourth-order valence-electron chi connectivity index (χ4n) is 3.66. The molecule has 0 radical (unpaired) electrons. The number of rotatable bonds is 8. The normalized spacial score (nSPS) is 10.8. The van der Waals surface area contributed by atoms with Crippen LogP contribution in [-0.2, 0) is 17.9 Å². The second kappa shape index (κ2) is 10.2. The molecule has 0 aliphatic heterocycles. The molecular formula is C26H23N3O6. The van der Waals surface area contributed by atoms with Crippen LogP contribution in [0.4, 0.5) is 0 Å². The molecule has 35 heavy (non-hydrogen) atoms. The van der Waals surface area contributed by atoms with E-state index < -0.39 is 18.4 Å². The van der Waals surface area contributed by atoms with Crippen molar-refractivity contribution in [1.29, 1.82) is 0 Å². The Kier molecular flexibility index (Phi) is 6.88. The Bertz CT molecular complexity index is 1410. The summed E-state index contributed by atoms with van der Waals surface area (Å²) in [4.78, 5) is 42.9. The lowest BCUT2D eigenvalue weighted by Gasteiger charge is -2.08. The van der Waals surface area contributed by atoms with Crippen molar-refractivity contribution < 1.29 is 29.3 Å². The van der Waals surface area contributed by atoms with Crippen LogP contribution in [0.1, 0.15) is 54.9 Å². The van der Waals surface area contributed by atoms with E-state index >= 15 is 0 Å². The van der Waals surface area contributed by atoms with Gasteiger partial charge in [0, 0.05) is 29.1 Å². The van der Waals surface area contributed by atoms with Crippen molar-refractivity contribution in [3.05, 3.63) is 101 Å². The van der Waals surface area contributed by atoms with Gasteiger partial charge < -0.3 is 24.7 Å². The summed E-state index contributed by atoms with van der Waals surface area (Å²) in [6, 6.07) is 14.0. The highest BCUT2D eigenvalue weighted by molar-refractivity contribution is 6.12. The largest absolute Gasteiger partial charge is 0.508 e. The van der Waals surface area contributed by atoms with E-state index in [0.717, 1.165) is 0 Å². The number of benzene rings is 1. The third kappa shape index (κ3) is 4.90. The van der Waals surface area contributed by atoms with E-state index in [9.17, 15) is 24.6 Å². The molecule has 0 fully saturated rings. The van der Waals surface area contributed by atoms with Gasteiger partial charge in [0.2, 0.25) is 5.78 Å². The summed E-state index contributed by atoms with van der Waals surface area (Å²) in [5.41, 5.74) is 2.05. The third-order valence-electron chi connectivity index (χ3n) is 5.43. The number of fused-ring (bicyclic) bond motifs is 1. The number of aromatic nitrogens is 2. The number of nitrogens with zero attached hydrogens (tertiary/aromatic N) is 2. The maximum Gasteiger partial charge on any atom is 0.340 e. The Morgan fingerprint density at radius 1 is 1.06 bits per heavy atom. The predicted octanol–water partition coefficient (Wildman–Crippen LogP) is 2.87. The van der Waals surface area contributed by atoms with Gasteiger partial charge in [-0.1, -0.05) is 6.07 Å². The van der Waals surface area contributed by atoms with Gasteiger partial charge in [-0.2, -0.15) is 0 Å². The van der Waals surface area contributed by atoms with Crippen molar-refractivity contribution in [3.8, 4) is 5.75 Å². The molecule has 3 heterocycles. The molecule has 0 saturated heterocycles. The Labute approximate surface area is 200 Å². The molecule has 0 saturated carbocycles. The number of aliphatic hydroxyl groups is 1. The molecule has 178 valence electrons. The van der Waals surface area contributed by atoms with Crippen LogP contribution < -0.4 is 5.32 Å². The number of pyridine rings is 2. The standard InChI is InChI=1S/C26H23N3O6/c1-2-35-26(34)20-13-22(24(32)16-6-7-23(31)18(11-16)15-30)29-10-8-17(12-21(20)29)25(33)28-14-19-5-3-4-9-27-19/h3-13,30-31H,2,14-15H2,1H3,(H,28,33). The molecule has 0 aliphatic carbocycles. The monoisotopic (exact) mass is 473 g/mol. The van der Waals surface area contributed by atoms with Crippen LogP contribution in [0.2, 0.25) is 0 Å². The molecule has 0 aliphatic rings. The molecule has 3 aromatic heterocycles. The van der Waals surface area contributed by atoms with Gasteiger partial charge in [-0.15, -0.1) is 0 Å². The number of phenols is 1. The Morgan fingerprint density at radius 2 is 1.89 bits per heavy atom. The highest BCUT2D eigenvalue weighted by atomic mass is 16.5. The minimum Gasteiger partial charge on any atom is -0.508 e. The van der Waals surface area contributed by atoms with Gasteiger partial charge >= 0.3 is 5.97 Å². The van der Waals surface area contributed by atoms with E-state index in [2.05, 4.69) is 10.3 Å². The smallest absolute Gasteiger partial charge is 0.340 e. The van der Waals surface area contributed by atoms with Crippen molar-refractivity contribution in [2.24, 2.45) is 0 Å². The zero-order chi connectivity index (χ0) is 24.9. The van der Waals surface area contributed by atoms with Gasteiger partial charge in [-0.05, 0) is 55.5 Å². The average Bonchev–Trinajstić information content (AvgIpc) is 3.27. The number of hydrogen-bond acceptors (Lipinski definition) is 7. The summed E-state index contributed by atoms with van der Waals surface area (Å²) in [6.07, 6.45) is 3.17. The molecule has 0 bridgehead atoms. The molecule has 4 rings (SSSR count). The zero-order valence-corrected chi connectivity index (χ0v) is 18.9. The lowest BCUT2D eigenvalue weighted by Crippen LogP contribution is -2.23. The van der Waals surface area contributed by atoms with Crippen molar-refractivity contribution in [2.75, 3.05) is 6.61 Å². The summed E-state index contributed by atoms with van der Waals surface area (Å²) < 4.78 is 6.66. The number of amides is 1. The summed E-state index contributed by atoms with van der Waals surface area (Å²) in [5.74, 6) is -1.56. The average molecular weight is 473 g/mol. The quantitative estimate of drug-likeness (QED) is 0.265. The van der Waals surface area contributed by atoms with Gasteiger partial charge in [0.05, 0.1) is 42.2 Å². The van der Waals surface area contributed by atoms with E-state index in [4.69, 9.17) is 4.74 Å². The number of nitrogens with one attached hydrogen (secondary N) is 1. The number of aromatic hydroxyl groups is 1. The van der Waals surface area contributed by atoms with E-state index in [1.165, 1.54) is 40.9 Å². The molecule has 3 N–H and O–H groups in total. The number of esters is 1. The lowest BCUT2D eigenvalue weighted by atomic mass is 10.0. The first kappa shape index (κ1) is 23.7. The summed E-state index contributed by atoms with van der Waals surface area (Å²) in [7, 11) is 0. The van der Waals surface area contributed by atoms with Crippen molar-refractivity contribution in [2.45, 2.75) is 20.1 Å². The molecule has 1 aromatic carbocycles. The molecule has 9 heteroatoms. The minimum absolute atomic E-state index is 0.127. The topological polar surface area (TPSA) is 130 Å².